The predicted molar refractivity (Wildman–Crippen MR) is 165 cm³/mol. The van der Waals surface area contributed by atoms with Crippen LogP contribution in [0, 0.1) is 10.1 Å². The average Bonchev–Trinajstić information content (AvgIpc) is 3.35. The van der Waals surface area contributed by atoms with Gasteiger partial charge in [-0.2, -0.15) is 0 Å². The van der Waals surface area contributed by atoms with Crippen LogP contribution in [-0.2, 0) is 0 Å². The second-order valence-corrected chi connectivity index (χ2v) is 10.2. The van der Waals surface area contributed by atoms with Crippen molar-refractivity contribution >= 4 is 59.8 Å². The van der Waals surface area contributed by atoms with Crippen LogP contribution in [-0.4, -0.2) is 9.49 Å². The summed E-state index contributed by atoms with van der Waals surface area (Å²) < 4.78 is 2.27. The Morgan fingerprint density at radius 1 is 0.500 bits per heavy atom. The molecule has 0 saturated carbocycles. The smallest absolute Gasteiger partial charge is 0.277 e. The van der Waals surface area contributed by atoms with Gasteiger partial charge >= 0.3 is 0 Å². The van der Waals surface area contributed by atoms with Gasteiger partial charge in [-0.05, 0) is 68.2 Å². The fourth-order valence-corrected chi connectivity index (χ4v) is 6.40. The largest absolute Gasteiger partial charge is 0.309 e. The SMILES string of the molecule is O=[N+]([O-])c1ccccc1-c1cc2c(c3ccc4c5ccccc5ccc4c13)c1ccccc1n2-c1ccccc1. The van der Waals surface area contributed by atoms with Crippen LogP contribution in [0.3, 0.4) is 0 Å². The normalized spacial score (nSPS) is 11.7. The molecule has 1 heterocycles. The van der Waals surface area contributed by atoms with E-state index in [2.05, 4.69) is 95.6 Å². The van der Waals surface area contributed by atoms with Crippen molar-refractivity contribution in [2.45, 2.75) is 0 Å². The zero-order valence-corrected chi connectivity index (χ0v) is 21.4. The van der Waals surface area contributed by atoms with Crippen molar-refractivity contribution in [3.8, 4) is 16.8 Å². The van der Waals surface area contributed by atoms with Gasteiger partial charge in [-0.15, -0.1) is 0 Å². The summed E-state index contributed by atoms with van der Waals surface area (Å²) in [6, 6.07) is 45.1. The molecule has 0 radical (unpaired) electrons. The monoisotopic (exact) mass is 514 g/mol. The number of nitro benzene ring substituents is 1. The van der Waals surface area contributed by atoms with Crippen molar-refractivity contribution in [2.75, 3.05) is 0 Å². The van der Waals surface area contributed by atoms with E-state index in [1.807, 2.05) is 30.3 Å². The maximum Gasteiger partial charge on any atom is 0.277 e. The van der Waals surface area contributed by atoms with Gasteiger partial charge in [-0.1, -0.05) is 97.1 Å². The maximum absolute atomic E-state index is 12.3. The van der Waals surface area contributed by atoms with Crippen molar-refractivity contribution in [3.63, 3.8) is 0 Å². The Hall–Kier alpha value is -5.48. The van der Waals surface area contributed by atoms with Crippen molar-refractivity contribution in [1.29, 1.82) is 0 Å². The van der Waals surface area contributed by atoms with E-state index < -0.39 is 0 Å². The molecule has 0 atom stereocenters. The predicted octanol–water partition coefficient (Wildman–Crippen LogP) is 9.82. The minimum absolute atomic E-state index is 0.100. The number of rotatable bonds is 3. The quantitative estimate of drug-likeness (QED) is 0.134. The van der Waals surface area contributed by atoms with Gasteiger partial charge in [0.25, 0.3) is 5.69 Å². The third kappa shape index (κ3) is 3.13. The Kier molecular flexibility index (Phi) is 4.79. The highest BCUT2D eigenvalue weighted by Crippen LogP contribution is 2.46. The summed E-state index contributed by atoms with van der Waals surface area (Å²) in [5.41, 5.74) is 4.74. The van der Waals surface area contributed by atoms with Crippen LogP contribution < -0.4 is 0 Å². The van der Waals surface area contributed by atoms with Gasteiger partial charge < -0.3 is 4.57 Å². The Balaban J connectivity index is 1.66. The number of nitro groups is 1. The summed E-state index contributed by atoms with van der Waals surface area (Å²) >= 11 is 0. The second-order valence-electron chi connectivity index (χ2n) is 10.2. The standard InChI is InChI=1S/C36H22N2O2/c39-38(40)33-17-9-6-14-27(33)31-22-34-36(29-15-7-8-16-32(29)37(34)24-11-2-1-3-12-24)30-21-20-26-25-13-5-4-10-23(25)18-19-28(26)35(30)31/h1-22H. The number of aromatic nitrogens is 1. The van der Waals surface area contributed by atoms with Crippen LogP contribution >= 0.6 is 0 Å². The second kappa shape index (κ2) is 8.52. The van der Waals surface area contributed by atoms with E-state index in [0.29, 0.717) is 5.56 Å². The lowest BCUT2D eigenvalue weighted by atomic mass is 9.89. The fraction of sp³-hybridized carbons (Fsp3) is 0. The molecule has 0 aliphatic heterocycles. The first-order valence-corrected chi connectivity index (χ1v) is 13.3. The van der Waals surface area contributed by atoms with Crippen molar-refractivity contribution in [3.05, 3.63) is 144 Å². The number of hydrogen-bond donors (Lipinski definition) is 0. The van der Waals surface area contributed by atoms with E-state index >= 15 is 0 Å². The summed E-state index contributed by atoms with van der Waals surface area (Å²) in [7, 11) is 0. The van der Waals surface area contributed by atoms with Gasteiger partial charge in [0, 0.05) is 22.5 Å². The van der Waals surface area contributed by atoms with Gasteiger partial charge in [0.05, 0.1) is 21.5 Å². The van der Waals surface area contributed by atoms with Gasteiger partial charge in [-0.3, -0.25) is 10.1 Å². The lowest BCUT2D eigenvalue weighted by molar-refractivity contribution is -0.384. The molecule has 0 amide bonds. The molecular formula is C36H22N2O2. The van der Waals surface area contributed by atoms with E-state index in [1.165, 1.54) is 10.8 Å². The molecule has 0 bridgehead atoms. The maximum atomic E-state index is 12.3. The summed E-state index contributed by atoms with van der Waals surface area (Å²) in [5, 5.41) is 21.2. The summed E-state index contributed by atoms with van der Waals surface area (Å²) in [5.74, 6) is 0. The molecule has 0 saturated heterocycles. The highest BCUT2D eigenvalue weighted by molar-refractivity contribution is 6.31. The minimum Gasteiger partial charge on any atom is -0.309 e. The highest BCUT2D eigenvalue weighted by Gasteiger charge is 2.23. The summed E-state index contributed by atoms with van der Waals surface area (Å²) in [6.07, 6.45) is 0. The van der Waals surface area contributed by atoms with E-state index in [-0.39, 0.29) is 10.6 Å². The molecule has 0 unspecified atom stereocenters. The number of para-hydroxylation sites is 3. The third-order valence-electron chi connectivity index (χ3n) is 8.06. The number of hydrogen-bond acceptors (Lipinski definition) is 2. The Morgan fingerprint density at radius 3 is 2.02 bits per heavy atom. The molecule has 0 N–H and O–H groups in total. The molecule has 0 aliphatic rings. The third-order valence-corrected chi connectivity index (χ3v) is 8.06. The topological polar surface area (TPSA) is 48.1 Å². The lowest BCUT2D eigenvalue weighted by Gasteiger charge is -2.15. The first kappa shape index (κ1) is 22.5. The Morgan fingerprint density at radius 2 is 1.18 bits per heavy atom. The van der Waals surface area contributed by atoms with Crippen molar-refractivity contribution in [2.24, 2.45) is 0 Å². The molecule has 40 heavy (non-hydrogen) atoms. The summed E-state index contributed by atoms with van der Waals surface area (Å²) in [4.78, 5) is 12.0. The zero-order valence-electron chi connectivity index (χ0n) is 21.4. The van der Waals surface area contributed by atoms with Gasteiger partial charge in [0.2, 0.25) is 0 Å². The molecule has 7 aromatic carbocycles. The van der Waals surface area contributed by atoms with Crippen LogP contribution in [0.2, 0.25) is 0 Å². The number of nitrogens with zero attached hydrogens (tertiary/aromatic N) is 2. The first-order chi connectivity index (χ1) is 19.7. The molecule has 8 rings (SSSR count). The van der Waals surface area contributed by atoms with Crippen LogP contribution in [0.25, 0.3) is 70.9 Å². The Labute approximate surface area is 229 Å². The molecular weight excluding hydrogens is 492 g/mol. The molecule has 8 aromatic rings. The van der Waals surface area contributed by atoms with Crippen molar-refractivity contribution in [1.82, 2.24) is 4.57 Å². The van der Waals surface area contributed by atoms with Gasteiger partial charge in [0.1, 0.15) is 0 Å². The summed E-state index contributed by atoms with van der Waals surface area (Å²) in [6.45, 7) is 0. The Bertz CT molecular complexity index is 2300. The lowest BCUT2D eigenvalue weighted by Crippen LogP contribution is -1.96. The molecule has 0 aliphatic carbocycles. The fourth-order valence-electron chi connectivity index (χ4n) is 6.40. The van der Waals surface area contributed by atoms with Gasteiger partial charge in [-0.25, -0.2) is 0 Å². The van der Waals surface area contributed by atoms with E-state index in [9.17, 15) is 10.1 Å². The first-order valence-electron chi connectivity index (χ1n) is 13.3. The minimum atomic E-state index is -0.279. The molecule has 188 valence electrons. The molecule has 0 spiro atoms. The average molecular weight is 515 g/mol. The van der Waals surface area contributed by atoms with E-state index in [4.69, 9.17) is 0 Å². The van der Waals surface area contributed by atoms with E-state index in [1.54, 1.807) is 12.1 Å². The molecule has 1 aromatic heterocycles. The van der Waals surface area contributed by atoms with Crippen LogP contribution in [0.15, 0.2) is 133 Å². The van der Waals surface area contributed by atoms with Crippen LogP contribution in [0.1, 0.15) is 0 Å². The van der Waals surface area contributed by atoms with Gasteiger partial charge in [0.15, 0.2) is 0 Å². The highest BCUT2D eigenvalue weighted by atomic mass is 16.6. The van der Waals surface area contributed by atoms with Crippen LogP contribution in [0.4, 0.5) is 5.69 Å². The van der Waals surface area contributed by atoms with Crippen molar-refractivity contribution < 1.29 is 4.92 Å². The molecule has 0 fully saturated rings. The molecule has 4 heteroatoms. The van der Waals surface area contributed by atoms with Crippen LogP contribution in [0.5, 0.6) is 0 Å². The number of fused-ring (bicyclic) bond motifs is 9. The molecule has 4 nitrogen and oxygen atoms in total. The number of benzene rings is 7. The van der Waals surface area contributed by atoms with E-state index in [0.717, 1.165) is 54.6 Å². The zero-order chi connectivity index (χ0) is 26.8.